The van der Waals surface area contributed by atoms with E-state index in [0.29, 0.717) is 22.9 Å². The first-order valence-electron chi connectivity index (χ1n) is 8.24. The molecule has 4 N–H and O–H groups in total. The summed E-state index contributed by atoms with van der Waals surface area (Å²) in [5.74, 6) is 1.22. The zero-order valence-corrected chi connectivity index (χ0v) is 15.1. The Kier molecular flexibility index (Phi) is 5.25. The zero-order valence-electron chi connectivity index (χ0n) is 15.1. The molecule has 1 heterocycles. The number of benzene rings is 2. The van der Waals surface area contributed by atoms with Crippen molar-refractivity contribution < 1.29 is 17.9 Å². The molecule has 0 amide bonds. The van der Waals surface area contributed by atoms with Gasteiger partial charge in [0, 0.05) is 5.69 Å². The van der Waals surface area contributed by atoms with Gasteiger partial charge in [-0.25, -0.2) is 9.97 Å². The van der Waals surface area contributed by atoms with E-state index in [2.05, 4.69) is 20.6 Å². The van der Waals surface area contributed by atoms with E-state index in [0.717, 1.165) is 17.7 Å². The fraction of sp³-hybridized carbons (Fsp3) is 0.158. The number of nitrogens with zero attached hydrogens (tertiary/aromatic N) is 2. The number of rotatable bonds is 5. The molecule has 0 aliphatic heterocycles. The summed E-state index contributed by atoms with van der Waals surface area (Å²) in [6.07, 6.45) is -3.09. The average molecular weight is 389 g/mol. The molecule has 28 heavy (non-hydrogen) atoms. The maximum absolute atomic E-state index is 12.7. The predicted molar refractivity (Wildman–Crippen MR) is 102 cm³/mol. The number of nitrogens with one attached hydrogen (secondary N) is 2. The Morgan fingerprint density at radius 1 is 0.964 bits per heavy atom. The number of ether oxygens (including phenoxy) is 1. The van der Waals surface area contributed by atoms with E-state index in [1.54, 1.807) is 7.11 Å². The van der Waals surface area contributed by atoms with Crippen molar-refractivity contribution in [1.82, 2.24) is 9.97 Å². The monoisotopic (exact) mass is 389 g/mol. The molecule has 0 aliphatic carbocycles. The quantitative estimate of drug-likeness (QED) is 0.577. The molecular formula is C19H18F3N5O. The summed E-state index contributed by atoms with van der Waals surface area (Å²) >= 11 is 0. The van der Waals surface area contributed by atoms with E-state index in [1.165, 1.54) is 18.5 Å². The van der Waals surface area contributed by atoms with E-state index in [1.807, 2.05) is 25.1 Å². The minimum Gasteiger partial charge on any atom is -0.495 e. The van der Waals surface area contributed by atoms with Crippen molar-refractivity contribution in [3.63, 3.8) is 0 Å². The van der Waals surface area contributed by atoms with Crippen LogP contribution in [-0.4, -0.2) is 17.1 Å². The first-order chi connectivity index (χ1) is 13.3. The Hall–Kier alpha value is -3.49. The third-order valence-corrected chi connectivity index (χ3v) is 3.97. The SMILES string of the molecule is COc1ccc(C)cc1Nc1ncnc(Nc2ccc(C(F)(F)F)cc2)c1N. The van der Waals surface area contributed by atoms with Gasteiger partial charge in [0.15, 0.2) is 11.6 Å². The highest BCUT2D eigenvalue weighted by Gasteiger charge is 2.30. The minimum atomic E-state index is -4.39. The molecule has 0 fully saturated rings. The fourth-order valence-corrected chi connectivity index (χ4v) is 2.52. The van der Waals surface area contributed by atoms with Crippen LogP contribution >= 0.6 is 0 Å². The highest BCUT2D eigenvalue weighted by Crippen LogP contribution is 2.34. The number of halogens is 3. The summed E-state index contributed by atoms with van der Waals surface area (Å²) in [4.78, 5) is 8.20. The molecule has 0 saturated heterocycles. The first-order valence-corrected chi connectivity index (χ1v) is 8.24. The van der Waals surface area contributed by atoms with Crippen molar-refractivity contribution in [2.75, 3.05) is 23.5 Å². The molecule has 9 heteroatoms. The number of nitrogen functional groups attached to an aromatic ring is 1. The second-order valence-electron chi connectivity index (χ2n) is 6.01. The number of aryl methyl sites for hydroxylation is 1. The van der Waals surface area contributed by atoms with Gasteiger partial charge in [-0.05, 0) is 48.9 Å². The van der Waals surface area contributed by atoms with Crippen LogP contribution in [0, 0.1) is 6.92 Å². The summed E-state index contributed by atoms with van der Waals surface area (Å²) in [5, 5.41) is 6.00. The molecule has 146 valence electrons. The number of nitrogens with two attached hydrogens (primary N) is 1. The molecule has 0 spiro atoms. The van der Waals surface area contributed by atoms with Gasteiger partial charge in [0.2, 0.25) is 0 Å². The summed E-state index contributed by atoms with van der Waals surface area (Å²) in [6.45, 7) is 1.94. The molecule has 0 unspecified atom stereocenters. The average Bonchev–Trinajstić information content (AvgIpc) is 2.65. The van der Waals surface area contributed by atoms with Crippen LogP contribution < -0.4 is 21.1 Å². The Labute approximate surface area is 159 Å². The van der Waals surface area contributed by atoms with Crippen LogP contribution in [0.2, 0.25) is 0 Å². The van der Waals surface area contributed by atoms with Gasteiger partial charge in [-0.2, -0.15) is 13.2 Å². The van der Waals surface area contributed by atoms with Crippen molar-refractivity contribution in [2.45, 2.75) is 13.1 Å². The van der Waals surface area contributed by atoms with Crippen molar-refractivity contribution in [3.8, 4) is 5.75 Å². The Morgan fingerprint density at radius 3 is 2.21 bits per heavy atom. The lowest BCUT2D eigenvalue weighted by Gasteiger charge is -2.15. The molecule has 2 aromatic carbocycles. The molecule has 0 saturated carbocycles. The van der Waals surface area contributed by atoms with Gasteiger partial charge in [-0.3, -0.25) is 0 Å². The fourth-order valence-electron chi connectivity index (χ4n) is 2.52. The second kappa shape index (κ2) is 7.63. The standard InChI is InChI=1S/C19H18F3N5O/c1-11-3-8-15(28-2)14(9-11)27-18-16(23)17(24-10-25-18)26-13-6-4-12(5-7-13)19(20,21)22/h3-10H,23H2,1-2H3,(H2,24,25,26,27). The van der Waals surface area contributed by atoms with E-state index < -0.39 is 11.7 Å². The smallest absolute Gasteiger partial charge is 0.416 e. The first kappa shape index (κ1) is 19.3. The van der Waals surface area contributed by atoms with Crippen LogP contribution in [0.5, 0.6) is 5.75 Å². The van der Waals surface area contributed by atoms with Crippen LogP contribution in [-0.2, 0) is 6.18 Å². The largest absolute Gasteiger partial charge is 0.495 e. The van der Waals surface area contributed by atoms with Gasteiger partial charge < -0.3 is 21.1 Å². The molecule has 3 aromatic rings. The van der Waals surface area contributed by atoms with Crippen molar-refractivity contribution in [2.24, 2.45) is 0 Å². The lowest BCUT2D eigenvalue weighted by atomic mass is 10.2. The molecular weight excluding hydrogens is 371 g/mol. The molecule has 6 nitrogen and oxygen atoms in total. The van der Waals surface area contributed by atoms with E-state index in [-0.39, 0.29) is 11.5 Å². The Morgan fingerprint density at radius 2 is 1.61 bits per heavy atom. The van der Waals surface area contributed by atoms with E-state index in [4.69, 9.17) is 10.5 Å². The molecule has 0 atom stereocenters. The van der Waals surface area contributed by atoms with Crippen LogP contribution in [0.15, 0.2) is 48.8 Å². The molecule has 1 aromatic heterocycles. The summed E-state index contributed by atoms with van der Waals surface area (Å²) in [6, 6.07) is 10.2. The summed E-state index contributed by atoms with van der Waals surface area (Å²) in [5.41, 5.74) is 7.72. The van der Waals surface area contributed by atoms with Crippen LogP contribution in [0.3, 0.4) is 0 Å². The second-order valence-corrected chi connectivity index (χ2v) is 6.01. The highest BCUT2D eigenvalue weighted by molar-refractivity contribution is 5.81. The third kappa shape index (κ3) is 4.25. The maximum atomic E-state index is 12.7. The number of anilines is 5. The van der Waals surface area contributed by atoms with Crippen molar-refractivity contribution >= 4 is 28.7 Å². The van der Waals surface area contributed by atoms with E-state index >= 15 is 0 Å². The highest BCUT2D eigenvalue weighted by atomic mass is 19.4. The number of alkyl halides is 3. The Bertz CT molecular complexity index is 974. The normalized spacial score (nSPS) is 11.2. The predicted octanol–water partition coefficient (Wildman–Crippen LogP) is 4.88. The Balaban J connectivity index is 1.85. The molecule has 0 bridgehead atoms. The van der Waals surface area contributed by atoms with Crippen molar-refractivity contribution in [1.29, 1.82) is 0 Å². The van der Waals surface area contributed by atoms with Gasteiger partial charge in [0.1, 0.15) is 17.8 Å². The zero-order chi connectivity index (χ0) is 20.3. The van der Waals surface area contributed by atoms with Gasteiger partial charge in [0.05, 0.1) is 18.4 Å². The number of aromatic nitrogens is 2. The van der Waals surface area contributed by atoms with Crippen molar-refractivity contribution in [3.05, 3.63) is 59.9 Å². The van der Waals surface area contributed by atoms with E-state index in [9.17, 15) is 13.2 Å². The minimum absolute atomic E-state index is 0.214. The third-order valence-electron chi connectivity index (χ3n) is 3.97. The van der Waals surface area contributed by atoms with Crippen LogP contribution in [0.1, 0.15) is 11.1 Å². The number of hydrogen-bond donors (Lipinski definition) is 3. The van der Waals surface area contributed by atoms with Crippen LogP contribution in [0.4, 0.5) is 41.9 Å². The summed E-state index contributed by atoms with van der Waals surface area (Å²) < 4.78 is 43.4. The number of methoxy groups -OCH3 is 1. The van der Waals surface area contributed by atoms with Gasteiger partial charge in [-0.1, -0.05) is 6.07 Å². The lowest BCUT2D eigenvalue weighted by Crippen LogP contribution is -2.07. The summed E-state index contributed by atoms with van der Waals surface area (Å²) in [7, 11) is 1.55. The maximum Gasteiger partial charge on any atom is 0.416 e. The van der Waals surface area contributed by atoms with Gasteiger partial charge in [0.25, 0.3) is 0 Å². The van der Waals surface area contributed by atoms with Gasteiger partial charge in [-0.15, -0.1) is 0 Å². The van der Waals surface area contributed by atoms with Gasteiger partial charge >= 0.3 is 6.18 Å². The number of hydrogen-bond acceptors (Lipinski definition) is 6. The molecule has 3 rings (SSSR count). The molecule has 0 radical (unpaired) electrons. The topological polar surface area (TPSA) is 85.1 Å². The van der Waals surface area contributed by atoms with Crippen LogP contribution in [0.25, 0.3) is 0 Å². The molecule has 0 aliphatic rings. The lowest BCUT2D eigenvalue weighted by molar-refractivity contribution is -0.137.